The van der Waals surface area contributed by atoms with E-state index in [0.29, 0.717) is 41.4 Å². The van der Waals surface area contributed by atoms with Crippen molar-refractivity contribution in [2.75, 3.05) is 47.9 Å². The summed E-state index contributed by atoms with van der Waals surface area (Å²) in [5, 5.41) is 28.3. The minimum atomic E-state index is -1.12. The van der Waals surface area contributed by atoms with Crippen LogP contribution in [0.5, 0.6) is 0 Å². The van der Waals surface area contributed by atoms with Crippen LogP contribution in [-0.2, 0) is 5.60 Å². The number of fused-ring (bicyclic) bond motifs is 1. The highest BCUT2D eigenvalue weighted by Gasteiger charge is 2.39. The third-order valence-electron chi connectivity index (χ3n) is 7.24. The Bertz CT molecular complexity index is 1300. The summed E-state index contributed by atoms with van der Waals surface area (Å²) in [7, 11) is 0. The zero-order chi connectivity index (χ0) is 27.7. The molecule has 2 aromatic heterocycles. The first-order valence-corrected chi connectivity index (χ1v) is 13.4. The van der Waals surface area contributed by atoms with Gasteiger partial charge in [0.15, 0.2) is 12.0 Å². The molecule has 206 valence electrons. The second-order valence-corrected chi connectivity index (χ2v) is 10.8. The summed E-state index contributed by atoms with van der Waals surface area (Å²) in [5.41, 5.74) is 2.03. The van der Waals surface area contributed by atoms with Crippen molar-refractivity contribution in [3.05, 3.63) is 72.6 Å². The first-order valence-electron chi connectivity index (χ1n) is 13.4. The molecule has 1 fully saturated rings. The third kappa shape index (κ3) is 5.60. The Morgan fingerprint density at radius 3 is 2.44 bits per heavy atom. The van der Waals surface area contributed by atoms with Gasteiger partial charge in [0.25, 0.3) is 0 Å². The molecule has 1 atom stereocenters. The van der Waals surface area contributed by atoms with Crippen molar-refractivity contribution in [3.63, 3.8) is 0 Å². The number of aliphatic hydroxyl groups is 2. The summed E-state index contributed by atoms with van der Waals surface area (Å²) in [6.07, 6.45) is 2.38. The maximum absolute atomic E-state index is 11.1. The average Bonchev–Trinajstić information content (AvgIpc) is 3.19. The minimum absolute atomic E-state index is 0.363. The molecule has 39 heavy (non-hydrogen) atoms. The van der Waals surface area contributed by atoms with Crippen LogP contribution >= 0.6 is 0 Å². The molecule has 0 amide bonds. The van der Waals surface area contributed by atoms with Gasteiger partial charge in [-0.1, -0.05) is 12.1 Å². The summed E-state index contributed by atoms with van der Waals surface area (Å²) in [6.45, 7) is 16.2. The minimum Gasteiger partial charge on any atom is -0.384 e. The van der Waals surface area contributed by atoms with Crippen LogP contribution in [0, 0.1) is 0 Å². The fourth-order valence-corrected chi connectivity index (χ4v) is 5.00. The fraction of sp³-hybridized carbons (Fsp3) is 0.414. The smallest absolute Gasteiger partial charge is 0.229 e. The number of piperazine rings is 1. The van der Waals surface area contributed by atoms with Crippen molar-refractivity contribution in [2.45, 2.75) is 45.6 Å². The predicted molar refractivity (Wildman–Crippen MR) is 154 cm³/mol. The Morgan fingerprint density at radius 1 is 1.08 bits per heavy atom. The van der Waals surface area contributed by atoms with Crippen LogP contribution in [0.3, 0.4) is 0 Å². The number of hydrazine groups is 1. The van der Waals surface area contributed by atoms with Gasteiger partial charge in [0.1, 0.15) is 11.4 Å². The molecular weight excluding hydrogens is 492 g/mol. The van der Waals surface area contributed by atoms with Crippen LogP contribution < -0.4 is 15.2 Å². The van der Waals surface area contributed by atoms with Gasteiger partial charge in [0.2, 0.25) is 5.95 Å². The topological polar surface area (TPSA) is 104 Å². The number of aliphatic hydroxyl groups excluding tert-OH is 1. The lowest BCUT2D eigenvalue weighted by molar-refractivity contribution is 0.0244. The average molecular weight is 531 g/mol. The molecule has 1 aromatic carbocycles. The van der Waals surface area contributed by atoms with E-state index in [1.54, 1.807) is 42.2 Å². The van der Waals surface area contributed by atoms with E-state index < -0.39 is 11.8 Å². The molecule has 2 aliphatic heterocycles. The molecule has 0 bridgehead atoms. The Labute approximate surface area is 230 Å². The van der Waals surface area contributed by atoms with Crippen molar-refractivity contribution in [2.24, 2.45) is 0 Å². The zero-order valence-electron chi connectivity index (χ0n) is 23.1. The summed E-state index contributed by atoms with van der Waals surface area (Å²) >= 11 is 0. The highest BCUT2D eigenvalue weighted by Crippen LogP contribution is 2.41. The molecular formula is C29H38N8O2. The number of nitrogens with one attached hydrogen (secondary N) is 1. The van der Waals surface area contributed by atoms with E-state index in [1.165, 1.54) is 5.69 Å². The molecule has 0 radical (unpaired) electrons. The number of hydrogen-bond donors (Lipinski definition) is 3. The van der Waals surface area contributed by atoms with Gasteiger partial charge in [-0.3, -0.25) is 4.90 Å². The second kappa shape index (κ2) is 10.9. The Hall–Kier alpha value is -3.57. The number of hydrogen-bond acceptors (Lipinski definition) is 10. The Balaban J connectivity index is 1.38. The molecule has 0 saturated carbocycles. The Kier molecular flexibility index (Phi) is 7.55. The van der Waals surface area contributed by atoms with Crippen LogP contribution in [0.25, 0.3) is 0 Å². The monoisotopic (exact) mass is 530 g/mol. The number of aromatic nitrogens is 3. The van der Waals surface area contributed by atoms with Crippen molar-refractivity contribution >= 4 is 29.0 Å². The molecule has 3 N–H and O–H groups in total. The first-order chi connectivity index (χ1) is 18.7. The van der Waals surface area contributed by atoms with Crippen LogP contribution in [0.1, 0.15) is 45.2 Å². The van der Waals surface area contributed by atoms with Gasteiger partial charge in [0, 0.05) is 56.3 Å². The van der Waals surface area contributed by atoms with Gasteiger partial charge in [0.05, 0.1) is 11.3 Å². The molecule has 3 aromatic rings. The van der Waals surface area contributed by atoms with Gasteiger partial charge in [-0.2, -0.15) is 9.99 Å². The zero-order valence-corrected chi connectivity index (χ0v) is 23.1. The summed E-state index contributed by atoms with van der Waals surface area (Å²) in [4.78, 5) is 18.8. The quantitative estimate of drug-likeness (QED) is 0.371. The molecule has 1 saturated heterocycles. The number of nitrogens with zero attached hydrogens (tertiary/aromatic N) is 7. The van der Waals surface area contributed by atoms with Crippen molar-refractivity contribution < 1.29 is 10.2 Å². The predicted octanol–water partition coefficient (Wildman–Crippen LogP) is 3.92. The van der Waals surface area contributed by atoms with Crippen LogP contribution in [0.2, 0.25) is 0 Å². The van der Waals surface area contributed by atoms with E-state index >= 15 is 0 Å². The number of pyridine rings is 1. The number of anilines is 5. The highest BCUT2D eigenvalue weighted by molar-refractivity contribution is 5.66. The van der Waals surface area contributed by atoms with E-state index in [9.17, 15) is 10.2 Å². The van der Waals surface area contributed by atoms with E-state index in [0.717, 1.165) is 31.9 Å². The van der Waals surface area contributed by atoms with E-state index in [-0.39, 0.29) is 0 Å². The van der Waals surface area contributed by atoms with Crippen molar-refractivity contribution in [3.8, 4) is 0 Å². The molecule has 10 nitrogen and oxygen atoms in total. The number of benzene rings is 1. The maximum Gasteiger partial charge on any atom is 0.229 e. The van der Waals surface area contributed by atoms with Gasteiger partial charge < -0.3 is 20.4 Å². The molecule has 2 aliphatic rings. The molecule has 10 heteroatoms. The molecule has 0 aliphatic carbocycles. The lowest BCUT2D eigenvalue weighted by atomic mass is 10.1. The molecule has 0 spiro atoms. The lowest BCUT2D eigenvalue weighted by Crippen LogP contribution is -2.48. The SMILES string of the molecule is C=CCN1C(O)c2cnc(Nc3ccc(N4CCN(C(C)C)CC4)cc3)nc2N1c1cccc(C(C)(C)O)n1. The number of rotatable bonds is 8. The first kappa shape index (κ1) is 27.0. The summed E-state index contributed by atoms with van der Waals surface area (Å²) in [5.74, 6) is 1.45. The summed E-state index contributed by atoms with van der Waals surface area (Å²) in [6, 6.07) is 14.3. The molecule has 4 heterocycles. The molecule has 1 unspecified atom stereocenters. The van der Waals surface area contributed by atoms with E-state index in [2.05, 4.69) is 57.6 Å². The van der Waals surface area contributed by atoms with Crippen molar-refractivity contribution in [1.29, 1.82) is 0 Å². The van der Waals surface area contributed by atoms with Gasteiger partial charge in [-0.05, 0) is 64.1 Å². The standard InChI is InChI=1S/C29H38N8O2/c1-6-14-36-27(38)23-19-30-28(33-26(23)37(36)25-9-7-8-24(32-25)29(4,5)39)31-21-10-12-22(13-11-21)35-17-15-34(16-18-35)20(2)3/h6-13,19-20,27,38-39H,1,14-18H2,2-5H3,(H,30,31,33). The van der Waals surface area contributed by atoms with Crippen LogP contribution in [-0.4, -0.2) is 73.8 Å². The largest absolute Gasteiger partial charge is 0.384 e. The molecule has 5 rings (SSSR count). The van der Waals surface area contributed by atoms with E-state index in [4.69, 9.17) is 4.98 Å². The third-order valence-corrected chi connectivity index (χ3v) is 7.24. The summed E-state index contributed by atoms with van der Waals surface area (Å²) < 4.78 is 0. The van der Waals surface area contributed by atoms with Crippen molar-refractivity contribution in [1.82, 2.24) is 24.9 Å². The van der Waals surface area contributed by atoms with Crippen LogP contribution in [0.4, 0.5) is 29.0 Å². The maximum atomic E-state index is 11.1. The second-order valence-electron chi connectivity index (χ2n) is 10.8. The van der Waals surface area contributed by atoms with Gasteiger partial charge in [-0.25, -0.2) is 15.0 Å². The fourth-order valence-electron chi connectivity index (χ4n) is 5.00. The van der Waals surface area contributed by atoms with Crippen LogP contribution in [0.15, 0.2) is 61.3 Å². The van der Waals surface area contributed by atoms with E-state index in [1.807, 2.05) is 24.3 Å². The van der Waals surface area contributed by atoms with Gasteiger partial charge in [-0.15, -0.1) is 6.58 Å². The highest BCUT2D eigenvalue weighted by atomic mass is 16.3. The van der Waals surface area contributed by atoms with Gasteiger partial charge >= 0.3 is 0 Å². The normalized spacial score (nSPS) is 18.5. The Morgan fingerprint density at radius 2 is 1.79 bits per heavy atom. The lowest BCUT2D eigenvalue weighted by Gasteiger charge is -2.38.